The zero-order valence-electron chi connectivity index (χ0n) is 10.7. The molecule has 0 aromatic carbocycles. The third-order valence-corrected chi connectivity index (χ3v) is 3.41. The Kier molecular flexibility index (Phi) is 3.96. The van der Waals surface area contributed by atoms with Crippen molar-refractivity contribution < 1.29 is 0 Å². The fourth-order valence-corrected chi connectivity index (χ4v) is 2.50. The Morgan fingerprint density at radius 1 is 1.47 bits per heavy atom. The maximum Gasteiger partial charge on any atom is -0.0128 e. The third-order valence-electron chi connectivity index (χ3n) is 3.41. The van der Waals surface area contributed by atoms with E-state index in [9.17, 15) is 0 Å². The number of allylic oxidation sites excluding steroid dienone is 5. The molecule has 0 atom stereocenters. The van der Waals surface area contributed by atoms with Crippen molar-refractivity contribution in [2.45, 2.75) is 53.4 Å². The highest BCUT2D eigenvalue weighted by Gasteiger charge is 2.26. The van der Waals surface area contributed by atoms with Gasteiger partial charge in [0.25, 0.3) is 0 Å². The van der Waals surface area contributed by atoms with Crippen molar-refractivity contribution in [3.63, 3.8) is 0 Å². The molecule has 0 radical (unpaired) electrons. The predicted octanol–water partition coefficient (Wildman–Crippen LogP) is 5.04. The van der Waals surface area contributed by atoms with Gasteiger partial charge in [0.2, 0.25) is 0 Å². The Labute approximate surface area is 94.8 Å². The highest BCUT2D eigenvalue weighted by molar-refractivity contribution is 5.26. The van der Waals surface area contributed by atoms with Crippen LogP contribution >= 0.6 is 0 Å². The van der Waals surface area contributed by atoms with E-state index in [0.717, 1.165) is 12.0 Å². The first-order valence-corrected chi connectivity index (χ1v) is 5.94. The van der Waals surface area contributed by atoms with Crippen LogP contribution in [0.3, 0.4) is 0 Å². The summed E-state index contributed by atoms with van der Waals surface area (Å²) in [6, 6.07) is 0. The van der Waals surface area contributed by atoms with Crippen LogP contribution in [0.4, 0.5) is 0 Å². The van der Waals surface area contributed by atoms with Gasteiger partial charge in [0.1, 0.15) is 0 Å². The second-order valence-electron chi connectivity index (χ2n) is 5.45. The molecule has 0 heterocycles. The molecule has 1 aliphatic rings. The summed E-state index contributed by atoms with van der Waals surface area (Å²) in [7, 11) is 0. The average Bonchev–Trinajstić information content (AvgIpc) is 2.09. The maximum absolute atomic E-state index is 3.89. The molecule has 0 heteroatoms. The van der Waals surface area contributed by atoms with Crippen molar-refractivity contribution in [3.8, 4) is 0 Å². The molecule has 15 heavy (non-hydrogen) atoms. The molecule has 0 bridgehead atoms. The van der Waals surface area contributed by atoms with E-state index >= 15 is 0 Å². The van der Waals surface area contributed by atoms with Crippen molar-refractivity contribution in [1.82, 2.24) is 0 Å². The summed E-state index contributed by atoms with van der Waals surface area (Å²) >= 11 is 0. The lowest BCUT2D eigenvalue weighted by molar-refractivity contribution is 0.361. The summed E-state index contributed by atoms with van der Waals surface area (Å²) in [5, 5.41) is 0. The average molecular weight is 204 g/mol. The Morgan fingerprint density at radius 3 is 2.67 bits per heavy atom. The summed E-state index contributed by atoms with van der Waals surface area (Å²) in [4.78, 5) is 0. The molecule has 0 aromatic rings. The molecule has 0 saturated heterocycles. The highest BCUT2D eigenvalue weighted by Crippen LogP contribution is 2.41. The van der Waals surface area contributed by atoms with Gasteiger partial charge >= 0.3 is 0 Å². The predicted molar refractivity (Wildman–Crippen MR) is 68.9 cm³/mol. The topological polar surface area (TPSA) is 0 Å². The normalized spacial score (nSPS) is 21.1. The van der Waals surface area contributed by atoms with Crippen molar-refractivity contribution in [3.05, 3.63) is 35.5 Å². The second-order valence-corrected chi connectivity index (χ2v) is 5.45. The van der Waals surface area contributed by atoms with E-state index in [-0.39, 0.29) is 0 Å². The molecule has 0 spiro atoms. The molecule has 1 aliphatic carbocycles. The van der Waals surface area contributed by atoms with Crippen LogP contribution in [0.5, 0.6) is 0 Å². The molecule has 0 saturated carbocycles. The van der Waals surface area contributed by atoms with Crippen molar-refractivity contribution in [1.29, 1.82) is 0 Å². The van der Waals surface area contributed by atoms with E-state index in [1.54, 1.807) is 11.1 Å². The first kappa shape index (κ1) is 12.3. The van der Waals surface area contributed by atoms with Gasteiger partial charge in [-0.1, -0.05) is 49.3 Å². The van der Waals surface area contributed by atoms with Gasteiger partial charge in [0.05, 0.1) is 0 Å². The molecule has 0 nitrogen and oxygen atoms in total. The summed E-state index contributed by atoms with van der Waals surface area (Å²) < 4.78 is 0. The molecule has 0 aromatic heterocycles. The van der Waals surface area contributed by atoms with Crippen LogP contribution in [0.15, 0.2) is 35.5 Å². The molecule has 0 amide bonds. The van der Waals surface area contributed by atoms with Crippen LogP contribution in [-0.2, 0) is 0 Å². The number of rotatable bonds is 3. The van der Waals surface area contributed by atoms with Gasteiger partial charge in [-0.05, 0) is 44.9 Å². The van der Waals surface area contributed by atoms with Gasteiger partial charge in [-0.25, -0.2) is 0 Å². The number of hydrogen-bond acceptors (Lipinski definition) is 0. The Hall–Kier alpha value is -0.780. The van der Waals surface area contributed by atoms with Crippen LogP contribution in [0.25, 0.3) is 0 Å². The Balaban J connectivity index is 2.76. The zero-order chi connectivity index (χ0) is 11.5. The van der Waals surface area contributed by atoms with E-state index < -0.39 is 0 Å². The SMILES string of the molecule is C=C(C)/C=C/CC1=C(C)CCCC1(C)C. The summed E-state index contributed by atoms with van der Waals surface area (Å²) in [6.07, 6.45) is 9.47. The standard InChI is InChI=1S/C15H24/c1-12(2)8-6-10-14-13(3)9-7-11-15(14,4)5/h6,8H,1,7,9-11H2,2-5H3/b8-6+. The van der Waals surface area contributed by atoms with E-state index in [1.165, 1.54) is 19.3 Å². The lowest BCUT2D eigenvalue weighted by Gasteiger charge is -2.34. The van der Waals surface area contributed by atoms with Crippen LogP contribution in [0.1, 0.15) is 53.4 Å². The molecule has 0 N–H and O–H groups in total. The molecular formula is C15H24. The lowest BCUT2D eigenvalue weighted by Crippen LogP contribution is -2.19. The van der Waals surface area contributed by atoms with Crippen LogP contribution < -0.4 is 0 Å². The molecule has 84 valence electrons. The molecular weight excluding hydrogens is 180 g/mol. The van der Waals surface area contributed by atoms with E-state index in [4.69, 9.17) is 0 Å². The fourth-order valence-electron chi connectivity index (χ4n) is 2.50. The van der Waals surface area contributed by atoms with Crippen LogP contribution in [0, 0.1) is 5.41 Å². The van der Waals surface area contributed by atoms with E-state index in [0.29, 0.717) is 5.41 Å². The minimum atomic E-state index is 0.405. The lowest BCUT2D eigenvalue weighted by atomic mass is 9.71. The van der Waals surface area contributed by atoms with Crippen LogP contribution in [-0.4, -0.2) is 0 Å². The fraction of sp³-hybridized carbons (Fsp3) is 0.600. The minimum absolute atomic E-state index is 0.405. The smallest absolute Gasteiger partial charge is 0.0128 e. The van der Waals surface area contributed by atoms with E-state index in [1.807, 2.05) is 6.92 Å². The maximum atomic E-state index is 3.89. The monoisotopic (exact) mass is 204 g/mol. The second kappa shape index (κ2) is 4.83. The van der Waals surface area contributed by atoms with Gasteiger partial charge in [-0.2, -0.15) is 0 Å². The molecule has 0 fully saturated rings. The summed E-state index contributed by atoms with van der Waals surface area (Å²) in [5.74, 6) is 0. The van der Waals surface area contributed by atoms with Gasteiger partial charge in [-0.15, -0.1) is 0 Å². The number of hydrogen-bond donors (Lipinski definition) is 0. The zero-order valence-corrected chi connectivity index (χ0v) is 10.7. The highest BCUT2D eigenvalue weighted by atomic mass is 14.3. The Morgan fingerprint density at radius 2 is 2.13 bits per heavy atom. The van der Waals surface area contributed by atoms with Crippen molar-refractivity contribution >= 4 is 0 Å². The summed E-state index contributed by atoms with van der Waals surface area (Å²) in [5.41, 5.74) is 4.80. The minimum Gasteiger partial charge on any atom is -0.0961 e. The molecule has 0 aliphatic heterocycles. The first-order chi connectivity index (χ1) is 6.93. The van der Waals surface area contributed by atoms with Gasteiger partial charge in [-0.3, -0.25) is 0 Å². The van der Waals surface area contributed by atoms with Crippen molar-refractivity contribution in [2.24, 2.45) is 5.41 Å². The first-order valence-electron chi connectivity index (χ1n) is 5.94. The van der Waals surface area contributed by atoms with Gasteiger partial charge < -0.3 is 0 Å². The molecule has 1 rings (SSSR count). The van der Waals surface area contributed by atoms with Gasteiger partial charge in [0.15, 0.2) is 0 Å². The Bertz CT molecular complexity index is 300. The largest absolute Gasteiger partial charge is 0.0961 e. The quantitative estimate of drug-likeness (QED) is 0.446. The molecule has 0 unspecified atom stereocenters. The van der Waals surface area contributed by atoms with Crippen molar-refractivity contribution in [2.75, 3.05) is 0 Å². The summed E-state index contributed by atoms with van der Waals surface area (Å²) in [6.45, 7) is 13.0. The van der Waals surface area contributed by atoms with E-state index in [2.05, 4.69) is 39.5 Å². The van der Waals surface area contributed by atoms with Crippen LogP contribution in [0.2, 0.25) is 0 Å². The van der Waals surface area contributed by atoms with Gasteiger partial charge in [0, 0.05) is 0 Å². The third kappa shape index (κ3) is 3.37.